The molecular weight excluding hydrogens is 324 g/mol. The lowest BCUT2D eigenvalue weighted by Gasteiger charge is -2.14. The van der Waals surface area contributed by atoms with E-state index in [1.54, 1.807) is 0 Å². The summed E-state index contributed by atoms with van der Waals surface area (Å²) in [5.74, 6) is 0. The second kappa shape index (κ2) is 7.04. The van der Waals surface area contributed by atoms with Gasteiger partial charge in [0.15, 0.2) is 0 Å². The molecular formula is C15H16BrClN2. The van der Waals surface area contributed by atoms with Gasteiger partial charge in [-0.25, -0.2) is 4.98 Å². The van der Waals surface area contributed by atoms with Crippen LogP contribution in [-0.2, 0) is 13.0 Å². The van der Waals surface area contributed by atoms with Gasteiger partial charge >= 0.3 is 0 Å². The summed E-state index contributed by atoms with van der Waals surface area (Å²) in [6.07, 6.45) is 0.910. The average Bonchev–Trinajstić information content (AvgIpc) is 2.39. The number of rotatable bonds is 5. The quantitative estimate of drug-likeness (QED) is 0.825. The van der Waals surface area contributed by atoms with Crippen molar-refractivity contribution in [3.63, 3.8) is 0 Å². The molecule has 0 aliphatic heterocycles. The van der Waals surface area contributed by atoms with E-state index in [-0.39, 0.29) is 0 Å². The zero-order valence-electron chi connectivity index (χ0n) is 10.7. The molecule has 0 saturated carbocycles. The Kier molecular flexibility index (Phi) is 5.37. The van der Waals surface area contributed by atoms with Crippen molar-refractivity contribution in [2.24, 2.45) is 0 Å². The first-order valence-corrected chi connectivity index (χ1v) is 7.40. The fraction of sp³-hybridized carbons (Fsp3) is 0.267. The predicted molar refractivity (Wildman–Crippen MR) is 83.4 cm³/mol. The van der Waals surface area contributed by atoms with Gasteiger partial charge in [0.1, 0.15) is 4.60 Å². The minimum atomic E-state index is 0.348. The Bertz CT molecular complexity index is 545. The standard InChI is InChI=1S/C15H16BrClN2/c1-11(9-12-5-2-3-7-14(12)17)18-10-13-6-4-8-15(16)19-13/h2-8,11,18H,9-10H2,1H3. The fourth-order valence-corrected chi connectivity index (χ4v) is 2.49. The van der Waals surface area contributed by atoms with Gasteiger partial charge in [0.2, 0.25) is 0 Å². The third-order valence-corrected chi connectivity index (χ3v) is 3.70. The Morgan fingerprint density at radius 1 is 1.21 bits per heavy atom. The average molecular weight is 340 g/mol. The van der Waals surface area contributed by atoms with Crippen molar-refractivity contribution in [3.8, 4) is 0 Å². The lowest BCUT2D eigenvalue weighted by atomic mass is 10.1. The maximum atomic E-state index is 6.16. The predicted octanol–water partition coefficient (Wildman–Crippen LogP) is 4.22. The van der Waals surface area contributed by atoms with Crippen LogP contribution in [-0.4, -0.2) is 11.0 Å². The number of benzene rings is 1. The van der Waals surface area contributed by atoms with Crippen LogP contribution in [0, 0.1) is 0 Å². The highest BCUT2D eigenvalue weighted by molar-refractivity contribution is 9.10. The van der Waals surface area contributed by atoms with E-state index in [4.69, 9.17) is 11.6 Å². The largest absolute Gasteiger partial charge is 0.308 e. The Hall–Kier alpha value is -0.900. The van der Waals surface area contributed by atoms with Crippen LogP contribution in [0.2, 0.25) is 5.02 Å². The lowest BCUT2D eigenvalue weighted by Crippen LogP contribution is -2.28. The molecule has 0 bridgehead atoms. The van der Waals surface area contributed by atoms with E-state index in [9.17, 15) is 0 Å². The Morgan fingerprint density at radius 2 is 2.00 bits per heavy atom. The zero-order valence-corrected chi connectivity index (χ0v) is 13.1. The molecule has 0 spiro atoms. The van der Waals surface area contributed by atoms with Crippen LogP contribution >= 0.6 is 27.5 Å². The van der Waals surface area contributed by atoms with E-state index in [2.05, 4.69) is 39.2 Å². The lowest BCUT2D eigenvalue weighted by molar-refractivity contribution is 0.540. The topological polar surface area (TPSA) is 24.9 Å². The molecule has 0 aliphatic rings. The van der Waals surface area contributed by atoms with Gasteiger partial charge in [0, 0.05) is 17.6 Å². The summed E-state index contributed by atoms with van der Waals surface area (Å²) in [5.41, 5.74) is 2.20. The molecule has 1 heterocycles. The van der Waals surface area contributed by atoms with Crippen LogP contribution in [0.3, 0.4) is 0 Å². The molecule has 1 aromatic carbocycles. The second-order valence-corrected chi connectivity index (χ2v) is 5.75. The van der Waals surface area contributed by atoms with E-state index in [0.717, 1.165) is 28.3 Å². The molecule has 0 aliphatic carbocycles. The van der Waals surface area contributed by atoms with Gasteiger partial charge in [-0.05, 0) is 53.0 Å². The van der Waals surface area contributed by atoms with Crippen molar-refractivity contribution in [1.82, 2.24) is 10.3 Å². The number of hydrogen-bond acceptors (Lipinski definition) is 2. The van der Waals surface area contributed by atoms with Crippen LogP contribution in [0.4, 0.5) is 0 Å². The molecule has 2 rings (SSSR count). The van der Waals surface area contributed by atoms with Crippen molar-refractivity contribution in [1.29, 1.82) is 0 Å². The number of nitrogens with one attached hydrogen (secondary N) is 1. The fourth-order valence-electron chi connectivity index (χ4n) is 1.89. The number of aromatic nitrogens is 1. The van der Waals surface area contributed by atoms with E-state index in [0.29, 0.717) is 6.04 Å². The Balaban J connectivity index is 1.88. The normalized spacial score (nSPS) is 12.4. The van der Waals surface area contributed by atoms with Crippen LogP contribution in [0.15, 0.2) is 47.1 Å². The van der Waals surface area contributed by atoms with Crippen molar-refractivity contribution in [2.45, 2.75) is 25.9 Å². The Morgan fingerprint density at radius 3 is 2.74 bits per heavy atom. The third kappa shape index (κ3) is 4.60. The molecule has 0 amide bonds. The minimum Gasteiger partial charge on any atom is -0.308 e. The monoisotopic (exact) mass is 338 g/mol. The third-order valence-electron chi connectivity index (χ3n) is 2.89. The van der Waals surface area contributed by atoms with E-state index in [1.807, 2.05) is 36.4 Å². The van der Waals surface area contributed by atoms with Crippen molar-refractivity contribution in [3.05, 3.63) is 63.3 Å². The van der Waals surface area contributed by atoms with Gasteiger partial charge in [0.25, 0.3) is 0 Å². The smallest absolute Gasteiger partial charge is 0.106 e. The maximum absolute atomic E-state index is 6.16. The van der Waals surface area contributed by atoms with E-state index >= 15 is 0 Å². The van der Waals surface area contributed by atoms with Crippen molar-refractivity contribution >= 4 is 27.5 Å². The van der Waals surface area contributed by atoms with Crippen LogP contribution in [0.1, 0.15) is 18.2 Å². The first kappa shape index (κ1) is 14.5. The molecule has 19 heavy (non-hydrogen) atoms. The summed E-state index contributed by atoms with van der Waals surface area (Å²) in [4.78, 5) is 4.40. The first-order valence-electron chi connectivity index (χ1n) is 6.23. The van der Waals surface area contributed by atoms with Gasteiger partial charge in [-0.15, -0.1) is 0 Å². The maximum Gasteiger partial charge on any atom is 0.106 e. The van der Waals surface area contributed by atoms with Gasteiger partial charge in [0.05, 0.1) is 5.69 Å². The van der Waals surface area contributed by atoms with Crippen molar-refractivity contribution in [2.75, 3.05) is 0 Å². The molecule has 100 valence electrons. The molecule has 1 unspecified atom stereocenters. The minimum absolute atomic E-state index is 0.348. The molecule has 2 nitrogen and oxygen atoms in total. The SMILES string of the molecule is CC(Cc1ccccc1Cl)NCc1cccc(Br)n1. The van der Waals surface area contributed by atoms with Gasteiger partial charge in [-0.2, -0.15) is 0 Å². The molecule has 4 heteroatoms. The summed E-state index contributed by atoms with van der Waals surface area (Å²) >= 11 is 9.54. The number of nitrogens with zero attached hydrogens (tertiary/aromatic N) is 1. The summed E-state index contributed by atoms with van der Waals surface area (Å²) in [5, 5.41) is 4.29. The Labute approximate surface area is 127 Å². The molecule has 0 radical (unpaired) electrons. The highest BCUT2D eigenvalue weighted by Gasteiger charge is 2.06. The first-order chi connectivity index (χ1) is 9.15. The molecule has 1 N–H and O–H groups in total. The van der Waals surface area contributed by atoms with E-state index in [1.165, 1.54) is 5.56 Å². The second-order valence-electron chi connectivity index (χ2n) is 4.53. The molecule has 1 aromatic heterocycles. The summed E-state index contributed by atoms with van der Waals surface area (Å²) in [6.45, 7) is 2.91. The molecule has 2 aromatic rings. The van der Waals surface area contributed by atoms with Gasteiger partial charge in [-0.1, -0.05) is 35.9 Å². The zero-order chi connectivity index (χ0) is 13.7. The highest BCUT2D eigenvalue weighted by atomic mass is 79.9. The number of pyridine rings is 1. The van der Waals surface area contributed by atoms with Gasteiger partial charge in [-0.3, -0.25) is 0 Å². The molecule has 0 fully saturated rings. The highest BCUT2D eigenvalue weighted by Crippen LogP contribution is 2.16. The van der Waals surface area contributed by atoms with Crippen LogP contribution in [0.5, 0.6) is 0 Å². The summed E-state index contributed by atoms with van der Waals surface area (Å²) < 4.78 is 0.866. The molecule has 0 saturated heterocycles. The summed E-state index contributed by atoms with van der Waals surface area (Å²) in [6, 6.07) is 14.3. The molecule has 1 atom stereocenters. The summed E-state index contributed by atoms with van der Waals surface area (Å²) in [7, 11) is 0. The van der Waals surface area contributed by atoms with Crippen LogP contribution < -0.4 is 5.32 Å². The number of halogens is 2. The van der Waals surface area contributed by atoms with Crippen molar-refractivity contribution < 1.29 is 0 Å². The number of hydrogen-bond donors (Lipinski definition) is 1. The van der Waals surface area contributed by atoms with Crippen LogP contribution in [0.25, 0.3) is 0 Å². The van der Waals surface area contributed by atoms with E-state index < -0.39 is 0 Å². The van der Waals surface area contributed by atoms with Gasteiger partial charge < -0.3 is 5.32 Å².